The molecule has 0 radical (unpaired) electrons. The van der Waals surface area contributed by atoms with Crippen LogP contribution in [0.1, 0.15) is 50.2 Å². The lowest BCUT2D eigenvalue weighted by atomic mass is 10.0. The Morgan fingerprint density at radius 3 is 1.86 bits per heavy atom. The molecule has 3 aromatic rings. The maximum absolute atomic E-state index is 13.9. The molecule has 0 aliphatic carbocycles. The highest BCUT2D eigenvalue weighted by Crippen LogP contribution is 2.19. The summed E-state index contributed by atoms with van der Waals surface area (Å²) in [7, 11) is 0. The Morgan fingerprint density at radius 1 is 0.679 bits per heavy atom. The van der Waals surface area contributed by atoms with Crippen molar-refractivity contribution in [2.45, 2.75) is 76.0 Å². The zero-order chi connectivity index (χ0) is 41.0. The molecule has 0 saturated carbocycles. The predicted molar refractivity (Wildman–Crippen MR) is 212 cm³/mol. The second kappa shape index (κ2) is 22.7. The molecule has 3 rings (SSSR count). The van der Waals surface area contributed by atoms with Crippen molar-refractivity contribution < 1.29 is 28.8 Å². The molecule has 302 valence electrons. The second-order valence-electron chi connectivity index (χ2n) is 13.0. The third-order valence-electron chi connectivity index (χ3n) is 8.55. The number of hydrogen-bond acceptors (Lipinski definition) is 9. The summed E-state index contributed by atoms with van der Waals surface area (Å²) >= 11 is 0. The SMILES string of the molecule is CCC(=O)NC(=O)[C@H](Cc1c[nH]c2ccccc12)NC(=O)[C@H](CCCN=C(N)N)NC(=O)[C@H](CCCN=C(N)N)NC(=O)CNC(=O)[C@@H](N)Cc1ccccc1. The van der Waals surface area contributed by atoms with Crippen LogP contribution >= 0.6 is 0 Å². The quantitative estimate of drug-likeness (QED) is 0.0302. The van der Waals surface area contributed by atoms with Crippen molar-refractivity contribution in [3.05, 3.63) is 71.9 Å². The zero-order valence-electron chi connectivity index (χ0n) is 31.4. The average Bonchev–Trinajstić information content (AvgIpc) is 3.58. The molecule has 0 fully saturated rings. The van der Waals surface area contributed by atoms with E-state index in [0.29, 0.717) is 5.56 Å². The summed E-state index contributed by atoms with van der Waals surface area (Å²) < 4.78 is 0. The fourth-order valence-electron chi connectivity index (χ4n) is 5.64. The van der Waals surface area contributed by atoms with E-state index in [-0.39, 0.29) is 70.0 Å². The highest BCUT2D eigenvalue weighted by molar-refractivity contribution is 6.00. The lowest BCUT2D eigenvalue weighted by molar-refractivity contribution is -0.135. The minimum Gasteiger partial charge on any atom is -0.370 e. The van der Waals surface area contributed by atoms with E-state index in [2.05, 4.69) is 41.6 Å². The number of aromatic amines is 1. The molecule has 1 aromatic heterocycles. The van der Waals surface area contributed by atoms with Gasteiger partial charge in [-0.25, -0.2) is 0 Å². The Hall–Kier alpha value is -6.50. The van der Waals surface area contributed by atoms with Crippen LogP contribution in [-0.2, 0) is 41.6 Å². The van der Waals surface area contributed by atoms with E-state index in [1.165, 1.54) is 0 Å². The van der Waals surface area contributed by atoms with Gasteiger partial charge in [0.1, 0.15) is 18.1 Å². The Balaban J connectivity index is 1.79. The van der Waals surface area contributed by atoms with E-state index >= 15 is 0 Å². The molecule has 0 bridgehead atoms. The van der Waals surface area contributed by atoms with Gasteiger partial charge in [-0.05, 0) is 49.3 Å². The minimum absolute atomic E-state index is 0.0114. The number of H-pyrrole nitrogens is 1. The lowest BCUT2D eigenvalue weighted by Gasteiger charge is -2.25. The van der Waals surface area contributed by atoms with Gasteiger partial charge in [-0.3, -0.25) is 44.1 Å². The Kier molecular flexibility index (Phi) is 17.8. The largest absolute Gasteiger partial charge is 0.370 e. The van der Waals surface area contributed by atoms with Crippen LogP contribution in [0.25, 0.3) is 10.9 Å². The van der Waals surface area contributed by atoms with E-state index in [1.807, 2.05) is 54.6 Å². The normalized spacial score (nSPS) is 12.9. The number of aromatic nitrogens is 1. The molecule has 0 unspecified atom stereocenters. The van der Waals surface area contributed by atoms with Crippen LogP contribution in [0.5, 0.6) is 0 Å². The predicted octanol–water partition coefficient (Wildman–Crippen LogP) is -1.99. The molecule has 0 aliphatic rings. The number of amides is 6. The van der Waals surface area contributed by atoms with E-state index in [0.717, 1.165) is 16.5 Å². The standard InChI is InChI=1S/C37H53N13O6/c1-2-30(51)50-35(56)29(19-23-20-45-26-13-7-6-12-24(23)26)49-34(55)28(15-9-17-44-37(41)42)48-33(54)27(14-8-16-43-36(39)40)47-31(52)21-46-32(53)25(38)18-22-10-4-3-5-11-22/h3-7,10-13,20,25,27-29,45H,2,8-9,14-19,21,38H2,1H3,(H,46,53)(H,47,52)(H,48,54)(H,49,55)(H4,39,40,43)(H4,41,42,44)(H,50,51,56)/t25-,27-,28-,29-/m0/s1. The Labute approximate surface area is 324 Å². The monoisotopic (exact) mass is 775 g/mol. The van der Waals surface area contributed by atoms with E-state index in [9.17, 15) is 28.8 Å². The van der Waals surface area contributed by atoms with Crippen LogP contribution < -0.4 is 55.3 Å². The first-order chi connectivity index (χ1) is 26.8. The van der Waals surface area contributed by atoms with Gasteiger partial charge < -0.3 is 54.9 Å². The maximum Gasteiger partial charge on any atom is 0.249 e. The van der Waals surface area contributed by atoms with Gasteiger partial charge in [0.2, 0.25) is 35.4 Å². The van der Waals surface area contributed by atoms with Gasteiger partial charge in [-0.1, -0.05) is 55.5 Å². The summed E-state index contributed by atoms with van der Waals surface area (Å²) in [5.41, 5.74) is 30.2. The topological polar surface area (TPSA) is 333 Å². The number of imide groups is 1. The second-order valence-corrected chi connectivity index (χ2v) is 13.0. The van der Waals surface area contributed by atoms with Crippen LogP contribution in [0.4, 0.5) is 0 Å². The molecule has 2 aromatic carbocycles. The smallest absolute Gasteiger partial charge is 0.249 e. The molecule has 6 amide bonds. The highest BCUT2D eigenvalue weighted by Gasteiger charge is 2.31. The first-order valence-corrected chi connectivity index (χ1v) is 18.2. The maximum atomic E-state index is 13.9. The van der Waals surface area contributed by atoms with Gasteiger partial charge in [-0.15, -0.1) is 0 Å². The van der Waals surface area contributed by atoms with Crippen molar-refractivity contribution in [2.24, 2.45) is 38.7 Å². The Morgan fingerprint density at radius 2 is 1.25 bits per heavy atom. The van der Waals surface area contributed by atoms with Gasteiger partial charge in [0.15, 0.2) is 11.9 Å². The van der Waals surface area contributed by atoms with Gasteiger partial charge in [0.05, 0.1) is 12.6 Å². The van der Waals surface area contributed by atoms with Crippen molar-refractivity contribution in [2.75, 3.05) is 19.6 Å². The van der Waals surface area contributed by atoms with Gasteiger partial charge >= 0.3 is 0 Å². The fourth-order valence-corrected chi connectivity index (χ4v) is 5.64. The van der Waals surface area contributed by atoms with Crippen LogP contribution in [0, 0.1) is 0 Å². The molecule has 4 atom stereocenters. The molecule has 16 N–H and O–H groups in total. The number of carbonyl (C=O) groups is 6. The molecule has 0 aliphatic heterocycles. The first-order valence-electron chi connectivity index (χ1n) is 18.2. The summed E-state index contributed by atoms with van der Waals surface area (Å²) in [6.45, 7) is 1.36. The molecule has 19 nitrogen and oxygen atoms in total. The first kappa shape index (κ1) is 43.9. The number of rotatable bonds is 22. The highest BCUT2D eigenvalue weighted by atomic mass is 16.2. The molecule has 0 spiro atoms. The third kappa shape index (κ3) is 15.1. The summed E-state index contributed by atoms with van der Waals surface area (Å²) in [5, 5.41) is 13.6. The summed E-state index contributed by atoms with van der Waals surface area (Å²) in [6, 6.07) is 11.9. The number of nitrogens with two attached hydrogens (primary N) is 5. The molecular formula is C37H53N13O6. The van der Waals surface area contributed by atoms with Crippen molar-refractivity contribution in [3.63, 3.8) is 0 Å². The van der Waals surface area contributed by atoms with E-state index in [1.54, 1.807) is 13.1 Å². The number of para-hydroxylation sites is 1. The van der Waals surface area contributed by atoms with Crippen molar-refractivity contribution in [1.29, 1.82) is 0 Å². The van der Waals surface area contributed by atoms with Gasteiger partial charge in [-0.2, -0.15) is 0 Å². The fraction of sp³-hybridized carbons (Fsp3) is 0.405. The van der Waals surface area contributed by atoms with Crippen LogP contribution in [0.3, 0.4) is 0 Å². The third-order valence-corrected chi connectivity index (χ3v) is 8.55. The van der Waals surface area contributed by atoms with Crippen LogP contribution in [0.2, 0.25) is 0 Å². The number of hydrogen-bond donors (Lipinski definition) is 11. The number of aliphatic imine (C=N–C) groups is 2. The number of carbonyl (C=O) groups excluding carboxylic acids is 6. The molecular weight excluding hydrogens is 722 g/mol. The number of nitrogens with one attached hydrogen (secondary N) is 6. The summed E-state index contributed by atoms with van der Waals surface area (Å²) in [5.74, 6) is -4.34. The zero-order valence-corrected chi connectivity index (χ0v) is 31.4. The molecule has 19 heteroatoms. The van der Waals surface area contributed by atoms with Crippen LogP contribution in [0.15, 0.2) is 70.8 Å². The minimum atomic E-state index is -1.25. The number of fused-ring (bicyclic) bond motifs is 1. The lowest BCUT2D eigenvalue weighted by Crippen LogP contribution is -2.58. The molecule has 1 heterocycles. The number of benzene rings is 2. The molecule has 0 saturated heterocycles. The van der Waals surface area contributed by atoms with Crippen molar-refractivity contribution in [3.8, 4) is 0 Å². The van der Waals surface area contributed by atoms with Gasteiger partial charge in [0.25, 0.3) is 0 Å². The van der Waals surface area contributed by atoms with Crippen molar-refractivity contribution >= 4 is 58.3 Å². The van der Waals surface area contributed by atoms with Crippen LogP contribution in [-0.4, -0.2) is 96.1 Å². The Bertz CT molecular complexity index is 1860. The number of nitrogens with zero attached hydrogens (tertiary/aromatic N) is 2. The van der Waals surface area contributed by atoms with E-state index in [4.69, 9.17) is 28.7 Å². The van der Waals surface area contributed by atoms with Crippen molar-refractivity contribution in [1.82, 2.24) is 31.6 Å². The summed E-state index contributed by atoms with van der Waals surface area (Å²) in [6.07, 6.45) is 2.56. The summed E-state index contributed by atoms with van der Waals surface area (Å²) in [4.78, 5) is 90.0. The average molecular weight is 776 g/mol. The molecule has 56 heavy (non-hydrogen) atoms. The number of guanidine groups is 2. The van der Waals surface area contributed by atoms with E-state index < -0.39 is 66.2 Å². The van der Waals surface area contributed by atoms with Gasteiger partial charge in [0, 0.05) is 43.0 Å².